The number of carbonyl (C=O) groups excluding carboxylic acids is 4. The summed E-state index contributed by atoms with van der Waals surface area (Å²) in [6.07, 6.45) is 4.27. The summed E-state index contributed by atoms with van der Waals surface area (Å²) in [5, 5.41) is 13.1. The predicted molar refractivity (Wildman–Crippen MR) is 181 cm³/mol. The van der Waals surface area contributed by atoms with Gasteiger partial charge in [0.25, 0.3) is 5.91 Å². The molecule has 0 saturated carbocycles. The number of nitrogens with one attached hydrogen (secondary N) is 3. The minimum Gasteiger partial charge on any atom is -0.345 e. The van der Waals surface area contributed by atoms with Gasteiger partial charge in [-0.05, 0) is 43.1 Å². The summed E-state index contributed by atoms with van der Waals surface area (Å²) in [4.78, 5) is 70.3. The molecule has 1 fully saturated rings. The Morgan fingerprint density at radius 1 is 0.932 bits per heavy atom. The lowest BCUT2D eigenvalue weighted by Crippen LogP contribution is -2.55. The molecule has 1 aromatic rings. The normalized spacial score (nSPS) is 30.0. The molecule has 15 heteroatoms. The first-order valence-electron chi connectivity index (χ1n) is 15.1. The molecular weight excluding hydrogens is 639 g/mol. The molecular formula is C29H41N7O4S4. The van der Waals surface area contributed by atoms with E-state index in [9.17, 15) is 19.2 Å². The van der Waals surface area contributed by atoms with Gasteiger partial charge in [0, 0.05) is 23.4 Å². The summed E-state index contributed by atoms with van der Waals surface area (Å²) in [5.74, 6) is 0.731. The second-order valence-corrected chi connectivity index (χ2v) is 16.1. The molecule has 5 rings (SSSR count). The van der Waals surface area contributed by atoms with Crippen LogP contribution in [0.5, 0.6) is 0 Å². The number of thiazole rings is 1. The fraction of sp³-hybridized carbons (Fsp3) is 0.690. The Morgan fingerprint density at radius 2 is 1.57 bits per heavy atom. The second kappa shape index (κ2) is 14.5. The molecule has 1 aromatic heterocycles. The van der Waals surface area contributed by atoms with Gasteiger partial charge in [-0.3, -0.25) is 29.2 Å². The van der Waals surface area contributed by atoms with E-state index in [4.69, 9.17) is 9.98 Å². The summed E-state index contributed by atoms with van der Waals surface area (Å²) in [6.45, 7) is 8.47. The SMILES string of the molecule is CSCCC1NC(=O)c2csc(n2)C(C(C)C)NC(=O)C2CSC(=N2)C2CCCN2C(=O)C(C(C)C)NC(=O)C2CSC1=N2. The van der Waals surface area contributed by atoms with Crippen molar-refractivity contribution in [3.63, 3.8) is 0 Å². The molecule has 11 nitrogen and oxygen atoms in total. The van der Waals surface area contributed by atoms with Crippen LogP contribution in [0.15, 0.2) is 15.4 Å². The fourth-order valence-corrected chi connectivity index (χ4v) is 9.50. The topological polar surface area (TPSA) is 145 Å². The number of hydrogen-bond acceptors (Lipinski definition) is 11. The Hall–Kier alpha value is -2.10. The molecule has 240 valence electrons. The number of rotatable bonds is 5. The number of amides is 4. The van der Waals surface area contributed by atoms with Gasteiger partial charge in [0.15, 0.2) is 0 Å². The lowest BCUT2D eigenvalue weighted by molar-refractivity contribution is -0.137. The highest BCUT2D eigenvalue weighted by molar-refractivity contribution is 8.14. The molecule has 4 amide bonds. The fourth-order valence-electron chi connectivity index (χ4n) is 5.68. The molecule has 0 radical (unpaired) electrons. The van der Waals surface area contributed by atoms with Crippen LogP contribution in [0.3, 0.4) is 0 Å². The summed E-state index contributed by atoms with van der Waals surface area (Å²) < 4.78 is 0. The Labute approximate surface area is 275 Å². The molecule has 1 saturated heterocycles. The van der Waals surface area contributed by atoms with Crippen molar-refractivity contribution in [3.05, 3.63) is 16.1 Å². The van der Waals surface area contributed by atoms with Crippen molar-refractivity contribution in [1.29, 1.82) is 0 Å². The van der Waals surface area contributed by atoms with E-state index in [1.54, 1.807) is 17.1 Å². The van der Waals surface area contributed by atoms with Crippen molar-refractivity contribution >= 4 is 80.3 Å². The van der Waals surface area contributed by atoms with Crippen LogP contribution < -0.4 is 16.0 Å². The van der Waals surface area contributed by atoms with Crippen LogP contribution in [0.1, 0.15) is 68.5 Å². The molecule has 3 N–H and O–H groups in total. The van der Waals surface area contributed by atoms with Gasteiger partial charge in [-0.15, -0.1) is 34.9 Å². The molecule has 0 aliphatic carbocycles. The number of fused-ring (bicyclic) bond motifs is 6. The third-order valence-electron chi connectivity index (χ3n) is 8.20. The molecule has 44 heavy (non-hydrogen) atoms. The van der Waals surface area contributed by atoms with Crippen molar-refractivity contribution < 1.29 is 19.2 Å². The highest BCUT2D eigenvalue weighted by atomic mass is 32.2. The molecule has 0 aromatic carbocycles. The Kier molecular flexibility index (Phi) is 11.0. The van der Waals surface area contributed by atoms with Crippen molar-refractivity contribution in [2.24, 2.45) is 21.8 Å². The standard InChI is InChI=1S/C29H41N7O4S4/c1-14(2)21-28-33-17(13-44-28)23(37)30-16(8-10-41-5)26-31-18(11-42-26)25(39)35-22(15(3)4)29(40)36-9-6-7-20(36)27-32-19(12-43-27)24(38)34-21/h13-16,18-22H,6-12H2,1-5H3,(H,30,37)(H,34,38)(H,35,39). The Morgan fingerprint density at radius 3 is 2.23 bits per heavy atom. The maximum absolute atomic E-state index is 13.9. The van der Waals surface area contributed by atoms with Crippen LogP contribution in [0.4, 0.5) is 0 Å². The van der Waals surface area contributed by atoms with Gasteiger partial charge in [0.2, 0.25) is 17.7 Å². The van der Waals surface area contributed by atoms with Crippen molar-refractivity contribution in [2.75, 3.05) is 30.1 Å². The minimum atomic E-state index is -0.704. The second-order valence-electron chi connectivity index (χ2n) is 12.1. The van der Waals surface area contributed by atoms with Crippen LogP contribution in [-0.2, 0) is 14.4 Å². The van der Waals surface area contributed by atoms with Gasteiger partial charge in [0.1, 0.15) is 28.8 Å². The predicted octanol–water partition coefficient (Wildman–Crippen LogP) is 2.98. The smallest absolute Gasteiger partial charge is 0.271 e. The van der Waals surface area contributed by atoms with E-state index in [1.807, 2.05) is 38.9 Å². The molecule has 4 aliphatic heterocycles. The highest BCUT2D eigenvalue weighted by Gasteiger charge is 2.41. The molecule has 0 spiro atoms. The Balaban J connectivity index is 1.49. The van der Waals surface area contributed by atoms with Gasteiger partial charge in [0.05, 0.1) is 28.2 Å². The first-order chi connectivity index (χ1) is 21.1. The van der Waals surface area contributed by atoms with Crippen LogP contribution in [0, 0.1) is 11.8 Å². The lowest BCUT2D eigenvalue weighted by Gasteiger charge is -2.31. The number of nitrogens with zero attached hydrogens (tertiary/aromatic N) is 4. The van der Waals surface area contributed by atoms with Crippen LogP contribution in [0.2, 0.25) is 0 Å². The van der Waals surface area contributed by atoms with E-state index in [-0.39, 0.29) is 53.6 Å². The summed E-state index contributed by atoms with van der Waals surface area (Å²) in [6, 6.07) is -2.87. The average molecular weight is 680 g/mol. The maximum atomic E-state index is 13.9. The van der Waals surface area contributed by atoms with Crippen LogP contribution in [-0.4, -0.2) is 104 Å². The zero-order valence-electron chi connectivity index (χ0n) is 25.7. The van der Waals surface area contributed by atoms with Crippen molar-refractivity contribution in [1.82, 2.24) is 25.8 Å². The number of hydrogen-bond donors (Lipinski definition) is 3. The van der Waals surface area contributed by atoms with E-state index in [0.717, 1.165) is 23.6 Å². The van der Waals surface area contributed by atoms with E-state index in [0.29, 0.717) is 40.2 Å². The third-order valence-corrected chi connectivity index (χ3v) is 12.1. The summed E-state index contributed by atoms with van der Waals surface area (Å²) in [7, 11) is 0. The molecule has 5 heterocycles. The van der Waals surface area contributed by atoms with E-state index >= 15 is 0 Å². The first-order valence-corrected chi connectivity index (χ1v) is 19.4. The zero-order chi connectivity index (χ0) is 31.5. The first kappa shape index (κ1) is 33.3. The largest absolute Gasteiger partial charge is 0.345 e. The van der Waals surface area contributed by atoms with E-state index in [2.05, 4.69) is 20.9 Å². The van der Waals surface area contributed by atoms with Gasteiger partial charge in [-0.1, -0.05) is 27.7 Å². The number of aliphatic imine (C=N–C) groups is 2. The summed E-state index contributed by atoms with van der Waals surface area (Å²) in [5.41, 5.74) is 0.291. The minimum absolute atomic E-state index is 0.0385. The maximum Gasteiger partial charge on any atom is 0.271 e. The lowest BCUT2D eigenvalue weighted by atomic mass is 10.0. The monoisotopic (exact) mass is 679 g/mol. The van der Waals surface area contributed by atoms with E-state index in [1.165, 1.54) is 34.9 Å². The number of carbonyl (C=O) groups is 4. The van der Waals surface area contributed by atoms with Crippen LogP contribution in [0.25, 0.3) is 0 Å². The van der Waals surface area contributed by atoms with E-state index < -0.39 is 18.1 Å². The Bertz CT molecular complexity index is 1330. The van der Waals surface area contributed by atoms with Crippen LogP contribution >= 0.6 is 46.6 Å². The van der Waals surface area contributed by atoms with Crippen molar-refractivity contribution in [3.8, 4) is 0 Å². The van der Waals surface area contributed by atoms with Crippen molar-refractivity contribution in [2.45, 2.75) is 83.2 Å². The van der Waals surface area contributed by atoms with Gasteiger partial charge < -0.3 is 20.9 Å². The average Bonchev–Trinajstić information content (AvgIpc) is 3.81. The molecule has 4 aliphatic rings. The summed E-state index contributed by atoms with van der Waals surface area (Å²) >= 11 is 6.02. The molecule has 6 unspecified atom stereocenters. The number of thioether (sulfide) groups is 3. The number of aromatic nitrogens is 1. The van der Waals surface area contributed by atoms with Gasteiger partial charge >= 0.3 is 0 Å². The molecule has 6 atom stereocenters. The third kappa shape index (κ3) is 7.31. The zero-order valence-corrected chi connectivity index (χ0v) is 29.0. The highest BCUT2D eigenvalue weighted by Crippen LogP contribution is 2.32. The quantitative estimate of drug-likeness (QED) is 0.431. The van der Waals surface area contributed by atoms with Gasteiger partial charge in [-0.25, -0.2) is 4.98 Å². The molecule has 6 bridgehead atoms. The van der Waals surface area contributed by atoms with Gasteiger partial charge in [-0.2, -0.15) is 11.8 Å².